The van der Waals surface area contributed by atoms with Crippen LogP contribution in [0.15, 0.2) is 140 Å². The molecule has 23 heteroatoms. The number of nitrogens with zero attached hydrogens (tertiary/aromatic N) is 2. The number of hydrogen-bond donors (Lipinski definition) is 1. The molecule has 0 unspecified atom stereocenters. The van der Waals surface area contributed by atoms with Crippen LogP contribution < -0.4 is 17.8 Å². The number of aryl methyl sites for hydroxylation is 2. The summed E-state index contributed by atoms with van der Waals surface area (Å²) in [5.74, 6) is -1.48. The van der Waals surface area contributed by atoms with Gasteiger partial charge < -0.3 is 23.0 Å². The first kappa shape index (κ1) is 46.7. The van der Waals surface area contributed by atoms with Crippen molar-refractivity contribution in [2.45, 2.75) is 47.3 Å². The van der Waals surface area contributed by atoms with Gasteiger partial charge in [-0.3, -0.25) is 4.28 Å². The summed E-state index contributed by atoms with van der Waals surface area (Å²) in [6, 6.07) is 20.9. The van der Waals surface area contributed by atoms with Gasteiger partial charge in [-0.05, 0) is 98.8 Å². The Hall–Kier alpha value is -6.33. The molecule has 5 aromatic rings. The zero-order valence-corrected chi connectivity index (χ0v) is 34.4. The highest BCUT2D eigenvalue weighted by atomic mass is 32.2. The molecule has 0 saturated heterocycles. The van der Waals surface area contributed by atoms with E-state index >= 15 is 0 Å². The average Bonchev–Trinajstić information content (AvgIpc) is 3.19. The molecule has 0 aliphatic rings. The first-order valence-electron chi connectivity index (χ1n) is 17.5. The number of oxime groups is 2. The Kier molecular flexibility index (Phi) is 14.1. The fraction of sp³-hybridized carbons (Fsp3) is 0.179. The summed E-state index contributed by atoms with van der Waals surface area (Å²) in [5.41, 5.74) is -3.10. The van der Waals surface area contributed by atoms with Crippen molar-refractivity contribution in [1.82, 2.24) is 0 Å². The zero-order valence-electron chi connectivity index (χ0n) is 31.9. The van der Waals surface area contributed by atoms with Gasteiger partial charge in [-0.15, -0.1) is 0 Å². The molecule has 0 aliphatic heterocycles. The van der Waals surface area contributed by atoms with Gasteiger partial charge in [0.2, 0.25) is 0 Å². The molecule has 0 aromatic heterocycles. The van der Waals surface area contributed by atoms with Crippen LogP contribution in [-0.2, 0) is 34.6 Å². The maximum atomic E-state index is 14.3. The molecule has 14 nitrogen and oxygen atoms in total. The second-order valence-electron chi connectivity index (χ2n) is 12.8. The lowest BCUT2D eigenvalue weighted by atomic mass is 10.1. The number of benzene rings is 5. The smallest absolute Gasteiger partial charge is 0.437 e. The van der Waals surface area contributed by atoms with Crippen molar-refractivity contribution < 1.29 is 78.9 Å². The van der Waals surface area contributed by atoms with Gasteiger partial charge in [-0.25, -0.2) is 0 Å². The van der Waals surface area contributed by atoms with Crippen molar-refractivity contribution in [3.05, 3.63) is 138 Å². The first-order chi connectivity index (χ1) is 29.0. The summed E-state index contributed by atoms with van der Waals surface area (Å²) in [4.78, 5) is -2.05. The SMILES string of the molecule is Cc1ccc(S(=O)(=O)Oc2ccc(OS(=O)(=O)c3ccc(C)cc3)c(S(=O)(=O)ON=C(c3ccc(OCCCOc4ccc(C(=NO)C(F)(F)F)cc4)cc3)C(F)(F)F)c2)cc1. The highest BCUT2D eigenvalue weighted by Crippen LogP contribution is 2.34. The average molecular weight is 931 g/mol. The van der Waals surface area contributed by atoms with Crippen LogP contribution in [-0.4, -0.2) is 67.5 Å². The van der Waals surface area contributed by atoms with Crippen molar-refractivity contribution in [3.8, 4) is 23.0 Å². The van der Waals surface area contributed by atoms with Crippen molar-refractivity contribution in [1.29, 1.82) is 0 Å². The lowest BCUT2D eigenvalue weighted by Gasteiger charge is -2.14. The van der Waals surface area contributed by atoms with Gasteiger partial charge in [-0.2, -0.15) is 51.6 Å². The molecule has 0 atom stereocenters. The summed E-state index contributed by atoms with van der Waals surface area (Å²) in [6.45, 7) is 3.32. The van der Waals surface area contributed by atoms with E-state index in [4.69, 9.17) is 23.0 Å². The Morgan fingerprint density at radius 3 is 1.40 bits per heavy atom. The van der Waals surface area contributed by atoms with E-state index in [1.807, 2.05) is 0 Å². The standard InChI is InChI=1S/C39H32F6N2O12S3/c1-25-4-17-32(18-5-25)60(49,50)57-31-16-21-34(58-61(51,52)33-19-6-26(2)7-20-33)35(24-31)62(53,54)59-47-37(39(43,44)45)28-10-14-30(15-11-28)56-23-3-22-55-29-12-8-27(9-13-29)36(46-48)38(40,41)42/h4-21,24,48H,3,22-23H2,1-2H3. The van der Waals surface area contributed by atoms with Crippen molar-refractivity contribution in [3.63, 3.8) is 0 Å². The first-order valence-corrected chi connectivity index (χ1v) is 21.7. The van der Waals surface area contributed by atoms with E-state index in [9.17, 15) is 51.6 Å². The predicted molar refractivity (Wildman–Crippen MR) is 208 cm³/mol. The van der Waals surface area contributed by atoms with Crippen LogP contribution >= 0.6 is 0 Å². The molecule has 0 bridgehead atoms. The highest BCUT2D eigenvalue weighted by molar-refractivity contribution is 7.88. The van der Waals surface area contributed by atoms with E-state index in [0.717, 1.165) is 54.6 Å². The Bertz CT molecular complexity index is 2760. The lowest BCUT2D eigenvalue weighted by Crippen LogP contribution is -2.25. The number of hydrogen-bond acceptors (Lipinski definition) is 14. The molecular weight excluding hydrogens is 899 g/mol. The highest BCUT2D eigenvalue weighted by Gasteiger charge is 2.40. The number of alkyl halides is 6. The van der Waals surface area contributed by atoms with E-state index in [1.165, 1.54) is 48.5 Å². The zero-order chi connectivity index (χ0) is 45.5. The lowest BCUT2D eigenvalue weighted by molar-refractivity contribution is -0.0608. The maximum Gasteiger partial charge on any atom is 0.437 e. The van der Waals surface area contributed by atoms with Gasteiger partial charge >= 0.3 is 42.7 Å². The van der Waals surface area contributed by atoms with E-state index in [1.54, 1.807) is 13.8 Å². The Morgan fingerprint density at radius 1 is 0.548 bits per heavy atom. The molecule has 0 aliphatic carbocycles. The normalized spacial score (nSPS) is 13.0. The molecule has 5 rings (SSSR count). The Morgan fingerprint density at radius 2 is 0.968 bits per heavy atom. The number of halogens is 6. The van der Waals surface area contributed by atoms with Crippen molar-refractivity contribution in [2.75, 3.05) is 13.2 Å². The molecule has 0 saturated carbocycles. The third-order valence-corrected chi connectivity index (χ3v) is 11.8. The van der Waals surface area contributed by atoms with Crippen molar-refractivity contribution >= 4 is 41.8 Å². The summed E-state index contributed by atoms with van der Waals surface area (Å²) in [7, 11) is -15.0. The molecule has 0 radical (unpaired) electrons. The van der Waals surface area contributed by atoms with Gasteiger partial charge in [0.1, 0.15) is 27.0 Å². The molecule has 0 amide bonds. The van der Waals surface area contributed by atoms with Gasteiger partial charge in [-0.1, -0.05) is 45.7 Å². The molecule has 0 spiro atoms. The Balaban J connectivity index is 1.33. The topological polar surface area (TPSA) is 194 Å². The van der Waals surface area contributed by atoms with E-state index in [2.05, 4.69) is 14.6 Å². The second kappa shape index (κ2) is 18.7. The van der Waals surface area contributed by atoms with Gasteiger partial charge in [0.05, 0.1) is 13.2 Å². The molecule has 0 fully saturated rings. The molecule has 5 aromatic carbocycles. The number of ether oxygens (including phenoxy) is 2. The minimum Gasteiger partial charge on any atom is -0.493 e. The molecule has 330 valence electrons. The van der Waals surface area contributed by atoms with Crippen LogP contribution in [0, 0.1) is 13.8 Å². The van der Waals surface area contributed by atoms with Crippen LogP contribution in [0.5, 0.6) is 23.0 Å². The summed E-state index contributed by atoms with van der Waals surface area (Å²) >= 11 is 0. The van der Waals surface area contributed by atoms with Crippen LogP contribution in [0.3, 0.4) is 0 Å². The van der Waals surface area contributed by atoms with E-state index in [-0.39, 0.29) is 36.0 Å². The molecule has 0 heterocycles. The van der Waals surface area contributed by atoms with Crippen LogP contribution in [0.25, 0.3) is 0 Å². The van der Waals surface area contributed by atoms with Gasteiger partial charge in [0.15, 0.2) is 22.1 Å². The minimum absolute atomic E-state index is 0.0105. The van der Waals surface area contributed by atoms with Gasteiger partial charge in [0, 0.05) is 23.6 Å². The summed E-state index contributed by atoms with van der Waals surface area (Å²) in [6.07, 6.45) is -10.0. The van der Waals surface area contributed by atoms with Crippen LogP contribution in [0.4, 0.5) is 26.3 Å². The monoisotopic (exact) mass is 930 g/mol. The third kappa shape index (κ3) is 12.2. The van der Waals surface area contributed by atoms with Crippen LogP contribution in [0.1, 0.15) is 28.7 Å². The fourth-order valence-electron chi connectivity index (χ4n) is 5.09. The molecular formula is C39H32F6N2O12S3. The molecule has 1 N–H and O–H groups in total. The fourth-order valence-corrected chi connectivity index (χ4v) is 7.88. The quantitative estimate of drug-likeness (QED) is 0.0236. The predicted octanol–water partition coefficient (Wildman–Crippen LogP) is 8.10. The van der Waals surface area contributed by atoms with Gasteiger partial charge in [0.25, 0.3) is 0 Å². The number of rotatable bonds is 17. The summed E-state index contributed by atoms with van der Waals surface area (Å²) in [5, 5.41) is 13.8. The molecule has 62 heavy (non-hydrogen) atoms. The van der Waals surface area contributed by atoms with Crippen molar-refractivity contribution in [2.24, 2.45) is 10.3 Å². The minimum atomic E-state index is -5.57. The van der Waals surface area contributed by atoms with E-state index in [0.29, 0.717) is 23.3 Å². The third-order valence-electron chi connectivity index (χ3n) is 8.15. The summed E-state index contributed by atoms with van der Waals surface area (Å²) < 4.78 is 187. The van der Waals surface area contributed by atoms with E-state index < -0.39 is 86.5 Å². The Labute approximate surface area is 351 Å². The second-order valence-corrected chi connectivity index (χ2v) is 17.4. The maximum absolute atomic E-state index is 14.3. The van der Waals surface area contributed by atoms with Crippen LogP contribution in [0.2, 0.25) is 0 Å². The largest absolute Gasteiger partial charge is 0.493 e.